The van der Waals surface area contributed by atoms with Crippen molar-refractivity contribution < 1.29 is 4.74 Å². The molecule has 0 aliphatic rings. The van der Waals surface area contributed by atoms with Gasteiger partial charge in [-0.15, -0.1) is 0 Å². The number of benzene rings is 2. The summed E-state index contributed by atoms with van der Waals surface area (Å²) in [6, 6.07) is 17.7. The summed E-state index contributed by atoms with van der Waals surface area (Å²) in [5.41, 5.74) is 2.04. The van der Waals surface area contributed by atoms with Crippen LogP contribution in [0.25, 0.3) is 11.1 Å². The van der Waals surface area contributed by atoms with E-state index in [0.717, 1.165) is 22.6 Å². The van der Waals surface area contributed by atoms with Crippen LogP contribution in [0.15, 0.2) is 67.0 Å². The number of aromatic nitrogens is 2. The van der Waals surface area contributed by atoms with Crippen molar-refractivity contribution in [2.45, 2.75) is 0 Å². The summed E-state index contributed by atoms with van der Waals surface area (Å²) >= 11 is 0. The molecule has 0 spiro atoms. The highest BCUT2D eigenvalue weighted by Gasteiger charge is 2.07. The van der Waals surface area contributed by atoms with E-state index < -0.39 is 0 Å². The summed E-state index contributed by atoms with van der Waals surface area (Å²) in [6.45, 7) is 0. The summed E-state index contributed by atoms with van der Waals surface area (Å²) in [5.74, 6) is 1.65. The molecular formula is C15H12N2O. The van der Waals surface area contributed by atoms with Crippen LogP contribution in [-0.2, 0) is 0 Å². The third kappa shape index (κ3) is 2.11. The van der Waals surface area contributed by atoms with E-state index in [9.17, 15) is 0 Å². The largest absolute Gasteiger partial charge is 0.457 e. The highest BCUT2D eigenvalue weighted by atomic mass is 16.5. The predicted octanol–water partition coefficient (Wildman–Crippen LogP) is 3.87. The van der Waals surface area contributed by atoms with Gasteiger partial charge in [0.15, 0.2) is 0 Å². The molecule has 0 radical (unpaired) electrons. The van der Waals surface area contributed by atoms with Crippen LogP contribution in [0.2, 0.25) is 0 Å². The SMILES string of the molecule is c1ccc(Oc2ccccc2-c2cn[nH]c2)cc1. The van der Waals surface area contributed by atoms with Crippen LogP contribution in [0.4, 0.5) is 0 Å². The minimum atomic E-state index is 0.824. The van der Waals surface area contributed by atoms with E-state index in [2.05, 4.69) is 10.2 Å². The van der Waals surface area contributed by atoms with Gasteiger partial charge >= 0.3 is 0 Å². The number of para-hydroxylation sites is 2. The third-order valence-corrected chi connectivity index (χ3v) is 2.67. The predicted molar refractivity (Wildman–Crippen MR) is 70.5 cm³/mol. The van der Waals surface area contributed by atoms with E-state index in [4.69, 9.17) is 4.74 Å². The fourth-order valence-corrected chi connectivity index (χ4v) is 1.81. The Morgan fingerprint density at radius 1 is 0.889 bits per heavy atom. The molecule has 0 atom stereocenters. The van der Waals surface area contributed by atoms with E-state index in [1.807, 2.05) is 60.8 Å². The first-order valence-corrected chi connectivity index (χ1v) is 5.74. The Morgan fingerprint density at radius 3 is 2.44 bits per heavy atom. The Balaban J connectivity index is 1.98. The molecule has 2 aromatic carbocycles. The topological polar surface area (TPSA) is 37.9 Å². The van der Waals surface area contributed by atoms with Crippen LogP contribution in [0.5, 0.6) is 11.5 Å². The lowest BCUT2D eigenvalue weighted by Gasteiger charge is -2.09. The fourth-order valence-electron chi connectivity index (χ4n) is 1.81. The molecule has 1 heterocycles. The molecule has 0 amide bonds. The summed E-state index contributed by atoms with van der Waals surface area (Å²) in [4.78, 5) is 0. The van der Waals surface area contributed by atoms with Gasteiger partial charge < -0.3 is 4.74 Å². The number of nitrogens with one attached hydrogen (secondary N) is 1. The molecule has 0 fully saturated rings. The number of hydrogen-bond donors (Lipinski definition) is 1. The molecule has 0 aliphatic carbocycles. The van der Waals surface area contributed by atoms with Gasteiger partial charge in [-0.3, -0.25) is 5.10 Å². The summed E-state index contributed by atoms with van der Waals surface area (Å²) in [5, 5.41) is 6.78. The summed E-state index contributed by atoms with van der Waals surface area (Å²) in [6.07, 6.45) is 3.64. The number of aromatic amines is 1. The number of hydrogen-bond acceptors (Lipinski definition) is 2. The molecule has 1 N–H and O–H groups in total. The molecule has 0 saturated carbocycles. The average Bonchev–Trinajstić information content (AvgIpc) is 2.94. The molecule has 0 aliphatic heterocycles. The minimum absolute atomic E-state index is 0.824. The first-order chi connectivity index (χ1) is 8.93. The van der Waals surface area contributed by atoms with Crippen molar-refractivity contribution in [2.75, 3.05) is 0 Å². The van der Waals surface area contributed by atoms with E-state index in [0.29, 0.717) is 0 Å². The van der Waals surface area contributed by atoms with Gasteiger partial charge in [-0.25, -0.2) is 0 Å². The zero-order valence-electron chi connectivity index (χ0n) is 9.71. The first-order valence-electron chi connectivity index (χ1n) is 5.74. The van der Waals surface area contributed by atoms with Crippen LogP contribution in [0.3, 0.4) is 0 Å². The minimum Gasteiger partial charge on any atom is -0.457 e. The quantitative estimate of drug-likeness (QED) is 0.749. The number of ether oxygens (including phenoxy) is 1. The van der Waals surface area contributed by atoms with Crippen LogP contribution < -0.4 is 4.74 Å². The van der Waals surface area contributed by atoms with Gasteiger partial charge in [0.05, 0.1) is 6.20 Å². The Kier molecular flexibility index (Phi) is 2.80. The molecule has 3 nitrogen and oxygen atoms in total. The van der Waals surface area contributed by atoms with Gasteiger partial charge in [-0.1, -0.05) is 36.4 Å². The summed E-state index contributed by atoms with van der Waals surface area (Å²) in [7, 11) is 0. The van der Waals surface area contributed by atoms with E-state index in [1.165, 1.54) is 0 Å². The maximum absolute atomic E-state index is 5.89. The van der Waals surface area contributed by atoms with Gasteiger partial charge in [0.2, 0.25) is 0 Å². The van der Waals surface area contributed by atoms with Crippen LogP contribution in [0, 0.1) is 0 Å². The number of rotatable bonds is 3. The van der Waals surface area contributed by atoms with Crippen LogP contribution >= 0.6 is 0 Å². The smallest absolute Gasteiger partial charge is 0.135 e. The standard InChI is InChI=1S/C15H12N2O/c1-2-6-13(7-3-1)18-15-9-5-4-8-14(15)12-10-16-17-11-12/h1-11H,(H,16,17). The molecule has 18 heavy (non-hydrogen) atoms. The van der Waals surface area contributed by atoms with Crippen molar-refractivity contribution in [2.24, 2.45) is 0 Å². The molecule has 88 valence electrons. The fraction of sp³-hybridized carbons (Fsp3) is 0. The van der Waals surface area contributed by atoms with Crippen molar-refractivity contribution in [3.63, 3.8) is 0 Å². The molecule has 3 aromatic rings. The zero-order chi connectivity index (χ0) is 12.2. The second kappa shape index (κ2) is 4.75. The van der Waals surface area contributed by atoms with E-state index >= 15 is 0 Å². The highest BCUT2D eigenvalue weighted by molar-refractivity contribution is 5.69. The molecule has 1 aromatic heterocycles. The normalized spacial score (nSPS) is 10.2. The second-order valence-corrected chi connectivity index (χ2v) is 3.90. The maximum Gasteiger partial charge on any atom is 0.135 e. The van der Waals surface area contributed by atoms with Crippen LogP contribution in [0.1, 0.15) is 0 Å². The first kappa shape index (κ1) is 10.6. The lowest BCUT2D eigenvalue weighted by molar-refractivity contribution is 0.484. The Bertz CT molecular complexity index is 618. The van der Waals surface area contributed by atoms with Crippen molar-refractivity contribution in [1.82, 2.24) is 10.2 Å². The van der Waals surface area contributed by atoms with Crippen LogP contribution in [-0.4, -0.2) is 10.2 Å². The van der Waals surface area contributed by atoms with E-state index in [-0.39, 0.29) is 0 Å². The number of H-pyrrole nitrogens is 1. The Hall–Kier alpha value is -2.55. The lowest BCUT2D eigenvalue weighted by atomic mass is 10.1. The molecule has 0 saturated heterocycles. The van der Waals surface area contributed by atoms with Crippen molar-refractivity contribution in [1.29, 1.82) is 0 Å². The Morgan fingerprint density at radius 2 is 1.67 bits per heavy atom. The van der Waals surface area contributed by atoms with Crippen molar-refractivity contribution in [3.8, 4) is 22.6 Å². The lowest BCUT2D eigenvalue weighted by Crippen LogP contribution is -1.86. The summed E-state index contributed by atoms with van der Waals surface area (Å²) < 4.78 is 5.89. The molecule has 0 bridgehead atoms. The van der Waals surface area contributed by atoms with Crippen molar-refractivity contribution in [3.05, 3.63) is 67.0 Å². The molecular weight excluding hydrogens is 224 g/mol. The van der Waals surface area contributed by atoms with Gasteiger partial charge in [-0.2, -0.15) is 5.10 Å². The molecule has 3 heteroatoms. The maximum atomic E-state index is 5.89. The molecule has 0 unspecified atom stereocenters. The Labute approximate surface area is 105 Å². The molecule has 3 rings (SSSR count). The second-order valence-electron chi connectivity index (χ2n) is 3.90. The average molecular weight is 236 g/mol. The number of nitrogens with zero attached hydrogens (tertiary/aromatic N) is 1. The zero-order valence-corrected chi connectivity index (χ0v) is 9.71. The van der Waals surface area contributed by atoms with Gasteiger partial charge in [0.25, 0.3) is 0 Å². The van der Waals surface area contributed by atoms with Gasteiger partial charge in [0, 0.05) is 17.3 Å². The van der Waals surface area contributed by atoms with E-state index in [1.54, 1.807) is 6.20 Å². The van der Waals surface area contributed by atoms with Crippen molar-refractivity contribution >= 4 is 0 Å². The third-order valence-electron chi connectivity index (χ3n) is 2.67. The van der Waals surface area contributed by atoms with Gasteiger partial charge in [0.1, 0.15) is 11.5 Å². The highest BCUT2D eigenvalue weighted by Crippen LogP contribution is 2.32. The monoisotopic (exact) mass is 236 g/mol. The van der Waals surface area contributed by atoms with Gasteiger partial charge in [-0.05, 0) is 18.2 Å².